The predicted molar refractivity (Wildman–Crippen MR) is 279 cm³/mol. The Hall–Kier alpha value is -3.41. The summed E-state index contributed by atoms with van der Waals surface area (Å²) in [6, 6.07) is 0. The van der Waals surface area contributed by atoms with E-state index in [0.717, 1.165) is 109 Å². The summed E-state index contributed by atoms with van der Waals surface area (Å²) >= 11 is 0. The number of unbranched alkanes of at least 4 members (excludes halogenated alkanes) is 23. The molecule has 0 aromatic carbocycles. The Kier molecular flexibility index (Phi) is 50.4. The molecule has 1 unspecified atom stereocenters. The van der Waals surface area contributed by atoms with E-state index >= 15 is 0 Å². The van der Waals surface area contributed by atoms with Crippen LogP contribution in [-0.4, -0.2) is 37.2 Å². The third-order valence-corrected chi connectivity index (χ3v) is 11.4. The van der Waals surface area contributed by atoms with Crippen LogP contribution in [0.1, 0.15) is 252 Å². The zero-order valence-corrected chi connectivity index (χ0v) is 42.5. The van der Waals surface area contributed by atoms with E-state index in [1.165, 1.54) is 103 Å². The van der Waals surface area contributed by atoms with Crippen molar-refractivity contribution in [2.45, 2.75) is 258 Å². The Morgan fingerprint density at radius 2 is 0.600 bits per heavy atom. The van der Waals surface area contributed by atoms with Crippen molar-refractivity contribution in [3.63, 3.8) is 0 Å². The fraction of sp³-hybridized carbons (Fsp3) is 0.712. The van der Waals surface area contributed by atoms with Crippen molar-refractivity contribution < 1.29 is 28.6 Å². The largest absolute Gasteiger partial charge is 0.462 e. The second-order valence-electron chi connectivity index (χ2n) is 17.8. The number of esters is 3. The van der Waals surface area contributed by atoms with Crippen LogP contribution in [0.2, 0.25) is 0 Å². The molecule has 0 rings (SSSR count). The molecular weight excluding hydrogens is 805 g/mol. The minimum Gasteiger partial charge on any atom is -0.462 e. The maximum Gasteiger partial charge on any atom is 0.306 e. The van der Waals surface area contributed by atoms with Crippen LogP contribution >= 0.6 is 0 Å². The van der Waals surface area contributed by atoms with Crippen molar-refractivity contribution in [2.75, 3.05) is 13.2 Å². The molecule has 0 heterocycles. The van der Waals surface area contributed by atoms with Gasteiger partial charge in [0.25, 0.3) is 0 Å². The number of rotatable bonds is 48. The smallest absolute Gasteiger partial charge is 0.306 e. The van der Waals surface area contributed by atoms with E-state index in [-0.39, 0.29) is 31.1 Å². The fourth-order valence-corrected chi connectivity index (χ4v) is 7.32. The van der Waals surface area contributed by atoms with Gasteiger partial charge in [-0.15, -0.1) is 0 Å². The lowest BCUT2D eigenvalue weighted by Crippen LogP contribution is -2.30. The van der Waals surface area contributed by atoms with Gasteiger partial charge in [0.15, 0.2) is 6.10 Å². The lowest BCUT2D eigenvalue weighted by atomic mass is 10.1. The fourth-order valence-electron chi connectivity index (χ4n) is 7.32. The zero-order valence-electron chi connectivity index (χ0n) is 42.5. The Morgan fingerprint density at radius 1 is 0.323 bits per heavy atom. The van der Waals surface area contributed by atoms with Crippen molar-refractivity contribution >= 4 is 17.9 Å². The van der Waals surface area contributed by atoms with Gasteiger partial charge in [0, 0.05) is 19.3 Å². The summed E-state index contributed by atoms with van der Waals surface area (Å²) in [6.07, 6.45) is 68.9. The number of carbonyl (C=O) groups excluding carboxylic acids is 3. The molecule has 0 aromatic heterocycles. The van der Waals surface area contributed by atoms with E-state index in [1.807, 2.05) is 0 Å². The number of ether oxygens (including phenoxy) is 3. The van der Waals surface area contributed by atoms with Gasteiger partial charge < -0.3 is 14.2 Å². The molecule has 1 atom stereocenters. The maximum absolute atomic E-state index is 12.8. The molecule has 0 aromatic rings. The normalized spacial score (nSPS) is 12.7. The number of hydrogen-bond donors (Lipinski definition) is 0. The molecule has 0 saturated heterocycles. The summed E-state index contributed by atoms with van der Waals surface area (Å²) in [7, 11) is 0. The third-order valence-electron chi connectivity index (χ3n) is 11.4. The molecular formula is C59H100O6. The molecule has 0 amide bonds. The first kappa shape index (κ1) is 61.6. The van der Waals surface area contributed by atoms with Crippen LogP contribution < -0.4 is 0 Å². The van der Waals surface area contributed by atoms with E-state index in [2.05, 4.69) is 106 Å². The molecule has 0 aliphatic rings. The standard InChI is InChI=1S/C59H100O6/c1-4-7-10-13-15-17-19-21-23-25-27-28-29-30-32-33-35-37-39-41-43-46-49-52-58(61)64-55-56(54-63-57(60)51-48-45-12-9-6-3)65-59(62)53-50-47-44-42-40-38-36-34-31-26-24-22-20-18-16-14-11-8-5-2/h7,10,15-18,21-24,27-28,30,32,56H,4-6,8-9,11-14,19-20,25-26,29,31,33-55H2,1-3H3/b10-7-,17-15-,18-16-,23-21-,24-22-,28-27-,32-30-. The molecule has 65 heavy (non-hydrogen) atoms. The van der Waals surface area contributed by atoms with Crippen LogP contribution in [0.5, 0.6) is 0 Å². The van der Waals surface area contributed by atoms with E-state index < -0.39 is 6.10 Å². The van der Waals surface area contributed by atoms with Gasteiger partial charge in [0.05, 0.1) is 0 Å². The summed E-state index contributed by atoms with van der Waals surface area (Å²) in [5.74, 6) is -0.911. The average molecular weight is 905 g/mol. The van der Waals surface area contributed by atoms with Crippen molar-refractivity contribution in [3.05, 3.63) is 85.1 Å². The SMILES string of the molecule is CC/C=C\C/C=C\C/C=C\C/C=C\C/C=C\CCCCCCCCCC(=O)OCC(COC(=O)CCCCCCC)OC(=O)CCCCCCCCCCC/C=C\C/C=C\CCCCC. The van der Waals surface area contributed by atoms with E-state index in [1.54, 1.807) is 0 Å². The molecule has 6 heteroatoms. The first-order chi connectivity index (χ1) is 32.0. The third kappa shape index (κ3) is 51.4. The predicted octanol–water partition coefficient (Wildman–Crippen LogP) is 18.0. The first-order valence-corrected chi connectivity index (χ1v) is 27.1. The Labute approximate surface area is 401 Å². The van der Waals surface area contributed by atoms with Crippen molar-refractivity contribution in [3.8, 4) is 0 Å². The average Bonchev–Trinajstić information content (AvgIpc) is 3.30. The first-order valence-electron chi connectivity index (χ1n) is 27.1. The van der Waals surface area contributed by atoms with Gasteiger partial charge in [-0.1, -0.05) is 221 Å². The summed E-state index contributed by atoms with van der Waals surface area (Å²) in [4.78, 5) is 37.7. The summed E-state index contributed by atoms with van der Waals surface area (Å²) < 4.78 is 16.7. The van der Waals surface area contributed by atoms with Crippen LogP contribution in [0.25, 0.3) is 0 Å². The van der Waals surface area contributed by atoms with Crippen LogP contribution in [0.4, 0.5) is 0 Å². The Bertz CT molecular complexity index is 1270. The topological polar surface area (TPSA) is 78.9 Å². The highest BCUT2D eigenvalue weighted by Crippen LogP contribution is 2.14. The van der Waals surface area contributed by atoms with Gasteiger partial charge in [-0.3, -0.25) is 14.4 Å². The second-order valence-corrected chi connectivity index (χ2v) is 17.8. The van der Waals surface area contributed by atoms with E-state index in [0.29, 0.717) is 19.3 Å². The highest BCUT2D eigenvalue weighted by atomic mass is 16.6. The highest BCUT2D eigenvalue weighted by molar-refractivity contribution is 5.71. The Morgan fingerprint density at radius 3 is 0.969 bits per heavy atom. The van der Waals surface area contributed by atoms with Crippen LogP contribution in [0, 0.1) is 0 Å². The lowest BCUT2D eigenvalue weighted by molar-refractivity contribution is -0.167. The monoisotopic (exact) mass is 905 g/mol. The molecule has 0 N–H and O–H groups in total. The van der Waals surface area contributed by atoms with Crippen molar-refractivity contribution in [1.29, 1.82) is 0 Å². The molecule has 6 nitrogen and oxygen atoms in total. The van der Waals surface area contributed by atoms with Gasteiger partial charge in [0.2, 0.25) is 0 Å². The number of carbonyl (C=O) groups is 3. The summed E-state index contributed by atoms with van der Waals surface area (Å²) in [6.45, 7) is 6.41. The van der Waals surface area contributed by atoms with Gasteiger partial charge in [0.1, 0.15) is 13.2 Å². The minimum atomic E-state index is -0.780. The summed E-state index contributed by atoms with van der Waals surface area (Å²) in [5, 5.41) is 0. The maximum atomic E-state index is 12.8. The molecule has 0 aliphatic heterocycles. The van der Waals surface area contributed by atoms with E-state index in [9.17, 15) is 14.4 Å². The number of hydrogen-bond acceptors (Lipinski definition) is 6. The molecule has 0 radical (unpaired) electrons. The zero-order chi connectivity index (χ0) is 47.2. The summed E-state index contributed by atoms with van der Waals surface area (Å²) in [5.41, 5.74) is 0. The number of allylic oxidation sites excluding steroid dienone is 14. The second kappa shape index (κ2) is 53.2. The van der Waals surface area contributed by atoms with Gasteiger partial charge in [-0.25, -0.2) is 0 Å². The molecule has 0 fully saturated rings. The van der Waals surface area contributed by atoms with Gasteiger partial charge in [-0.05, 0) is 96.3 Å². The van der Waals surface area contributed by atoms with Crippen LogP contribution in [-0.2, 0) is 28.6 Å². The van der Waals surface area contributed by atoms with Crippen molar-refractivity contribution in [2.24, 2.45) is 0 Å². The Balaban J connectivity index is 4.17. The van der Waals surface area contributed by atoms with Crippen molar-refractivity contribution in [1.82, 2.24) is 0 Å². The molecule has 372 valence electrons. The molecule has 0 spiro atoms. The molecule has 0 aliphatic carbocycles. The highest BCUT2D eigenvalue weighted by Gasteiger charge is 2.19. The van der Waals surface area contributed by atoms with Crippen LogP contribution in [0.15, 0.2) is 85.1 Å². The van der Waals surface area contributed by atoms with Gasteiger partial charge >= 0.3 is 17.9 Å². The molecule has 0 bridgehead atoms. The molecule has 0 saturated carbocycles. The van der Waals surface area contributed by atoms with Gasteiger partial charge in [-0.2, -0.15) is 0 Å². The quantitative estimate of drug-likeness (QED) is 0.0262. The minimum absolute atomic E-state index is 0.0826. The van der Waals surface area contributed by atoms with Crippen LogP contribution in [0.3, 0.4) is 0 Å². The van der Waals surface area contributed by atoms with E-state index in [4.69, 9.17) is 14.2 Å². The lowest BCUT2D eigenvalue weighted by Gasteiger charge is -2.18.